The number of hydrogen-bond donors (Lipinski definition) is 0. The van der Waals surface area contributed by atoms with Gasteiger partial charge >= 0.3 is 0 Å². The predicted molar refractivity (Wildman–Crippen MR) is 81.2 cm³/mol. The molecule has 2 unspecified atom stereocenters. The summed E-state index contributed by atoms with van der Waals surface area (Å²) >= 11 is 6.64. The SMILES string of the molecule is COc1ccc(C)cc1C(Cl)CN1CCCCC1C. The molecule has 1 fully saturated rings. The molecule has 2 nitrogen and oxygen atoms in total. The average molecular weight is 282 g/mol. The van der Waals surface area contributed by atoms with Crippen LogP contribution in [0.2, 0.25) is 0 Å². The molecule has 106 valence electrons. The fraction of sp³-hybridized carbons (Fsp3) is 0.625. The van der Waals surface area contributed by atoms with E-state index in [1.165, 1.54) is 31.4 Å². The van der Waals surface area contributed by atoms with Crippen molar-refractivity contribution in [3.8, 4) is 5.75 Å². The summed E-state index contributed by atoms with van der Waals surface area (Å²) in [7, 11) is 1.71. The number of benzene rings is 1. The van der Waals surface area contributed by atoms with Crippen molar-refractivity contribution >= 4 is 11.6 Å². The largest absolute Gasteiger partial charge is 0.496 e. The molecule has 1 aliphatic heterocycles. The molecule has 1 heterocycles. The second kappa shape index (κ2) is 6.62. The Labute approximate surface area is 121 Å². The highest BCUT2D eigenvalue weighted by atomic mass is 35.5. The number of likely N-dealkylation sites (tertiary alicyclic amines) is 1. The van der Waals surface area contributed by atoms with Crippen LogP contribution < -0.4 is 4.74 Å². The Balaban J connectivity index is 2.10. The van der Waals surface area contributed by atoms with Gasteiger partial charge in [0.25, 0.3) is 0 Å². The Kier molecular flexibility index (Phi) is 5.12. The molecule has 2 atom stereocenters. The zero-order valence-corrected chi connectivity index (χ0v) is 12.9. The van der Waals surface area contributed by atoms with Crippen molar-refractivity contribution in [3.05, 3.63) is 29.3 Å². The minimum absolute atomic E-state index is 0.00426. The molecule has 1 aromatic carbocycles. The van der Waals surface area contributed by atoms with Crippen molar-refractivity contribution in [1.82, 2.24) is 4.90 Å². The lowest BCUT2D eigenvalue weighted by atomic mass is 10.0. The van der Waals surface area contributed by atoms with Crippen LogP contribution >= 0.6 is 11.6 Å². The van der Waals surface area contributed by atoms with Crippen molar-refractivity contribution in [1.29, 1.82) is 0 Å². The van der Waals surface area contributed by atoms with Crippen LogP contribution in [0, 0.1) is 6.92 Å². The van der Waals surface area contributed by atoms with Crippen molar-refractivity contribution in [2.45, 2.75) is 44.5 Å². The van der Waals surface area contributed by atoms with Crippen molar-refractivity contribution < 1.29 is 4.74 Å². The van der Waals surface area contributed by atoms with Crippen LogP contribution in [0.3, 0.4) is 0 Å². The first-order valence-corrected chi connectivity index (χ1v) is 7.58. The molecular weight excluding hydrogens is 258 g/mol. The van der Waals surface area contributed by atoms with E-state index in [0.29, 0.717) is 6.04 Å². The molecular formula is C16H24ClNO. The molecule has 0 amide bonds. The Morgan fingerprint density at radius 3 is 2.89 bits per heavy atom. The fourth-order valence-corrected chi connectivity index (χ4v) is 3.18. The van der Waals surface area contributed by atoms with Gasteiger partial charge in [0.05, 0.1) is 12.5 Å². The van der Waals surface area contributed by atoms with Gasteiger partial charge in [-0.1, -0.05) is 24.1 Å². The minimum Gasteiger partial charge on any atom is -0.496 e. The second-order valence-corrected chi connectivity index (χ2v) is 6.08. The zero-order valence-electron chi connectivity index (χ0n) is 12.2. The van der Waals surface area contributed by atoms with Crippen LogP contribution in [0.15, 0.2) is 18.2 Å². The smallest absolute Gasteiger partial charge is 0.123 e. The van der Waals surface area contributed by atoms with Crippen molar-refractivity contribution in [3.63, 3.8) is 0 Å². The lowest BCUT2D eigenvalue weighted by molar-refractivity contribution is 0.160. The normalized spacial score (nSPS) is 22.2. The molecule has 1 aliphatic rings. The van der Waals surface area contributed by atoms with Gasteiger partial charge in [0.15, 0.2) is 0 Å². The Hall–Kier alpha value is -0.730. The van der Waals surface area contributed by atoms with E-state index in [-0.39, 0.29) is 5.38 Å². The van der Waals surface area contributed by atoms with E-state index in [9.17, 15) is 0 Å². The van der Waals surface area contributed by atoms with Crippen LogP contribution in [0.4, 0.5) is 0 Å². The van der Waals surface area contributed by atoms with Gasteiger partial charge < -0.3 is 4.74 Å². The summed E-state index contributed by atoms with van der Waals surface area (Å²) in [6, 6.07) is 6.87. The Morgan fingerprint density at radius 2 is 2.21 bits per heavy atom. The molecule has 3 heteroatoms. The topological polar surface area (TPSA) is 12.5 Å². The van der Waals surface area contributed by atoms with E-state index >= 15 is 0 Å². The van der Waals surface area contributed by atoms with Gasteiger partial charge in [-0.15, -0.1) is 11.6 Å². The summed E-state index contributed by atoms with van der Waals surface area (Å²) in [4.78, 5) is 2.50. The number of halogens is 1. The van der Waals surface area contributed by atoms with E-state index in [1.807, 2.05) is 6.07 Å². The first-order valence-electron chi connectivity index (χ1n) is 7.14. The summed E-state index contributed by atoms with van der Waals surface area (Å²) in [5.74, 6) is 0.898. The van der Waals surface area contributed by atoms with E-state index in [0.717, 1.165) is 17.9 Å². The summed E-state index contributed by atoms with van der Waals surface area (Å²) in [5, 5.41) is -0.00426. The van der Waals surface area contributed by atoms with Gasteiger partial charge in [0, 0.05) is 18.2 Å². The first-order chi connectivity index (χ1) is 9.11. The zero-order chi connectivity index (χ0) is 13.8. The van der Waals surface area contributed by atoms with Gasteiger partial charge in [-0.3, -0.25) is 4.90 Å². The molecule has 0 bridgehead atoms. The monoisotopic (exact) mass is 281 g/mol. The van der Waals surface area contributed by atoms with Gasteiger partial charge in [-0.2, -0.15) is 0 Å². The highest BCUT2D eigenvalue weighted by Crippen LogP contribution is 2.32. The van der Waals surface area contributed by atoms with Gasteiger partial charge in [-0.25, -0.2) is 0 Å². The summed E-state index contributed by atoms with van der Waals surface area (Å²) in [6.07, 6.45) is 3.92. The molecule has 0 aliphatic carbocycles. The number of ether oxygens (including phenoxy) is 1. The summed E-state index contributed by atoms with van der Waals surface area (Å²) in [6.45, 7) is 6.47. The van der Waals surface area contributed by atoms with Crippen LogP contribution in [-0.2, 0) is 0 Å². The van der Waals surface area contributed by atoms with Crippen LogP contribution in [0.1, 0.15) is 42.7 Å². The van der Waals surface area contributed by atoms with Crippen LogP contribution in [-0.4, -0.2) is 31.1 Å². The maximum atomic E-state index is 6.64. The van der Waals surface area contributed by atoms with Gasteiger partial charge in [-0.05, 0) is 39.3 Å². The number of hydrogen-bond acceptors (Lipinski definition) is 2. The van der Waals surface area contributed by atoms with E-state index < -0.39 is 0 Å². The lowest BCUT2D eigenvalue weighted by Gasteiger charge is -2.34. The molecule has 19 heavy (non-hydrogen) atoms. The average Bonchev–Trinajstić information content (AvgIpc) is 2.41. The predicted octanol–water partition coefficient (Wildman–Crippen LogP) is 4.16. The third-order valence-corrected chi connectivity index (χ3v) is 4.43. The second-order valence-electron chi connectivity index (χ2n) is 5.55. The highest BCUT2D eigenvalue weighted by molar-refractivity contribution is 6.21. The third kappa shape index (κ3) is 3.64. The minimum atomic E-state index is -0.00426. The number of alkyl halides is 1. The van der Waals surface area contributed by atoms with Crippen molar-refractivity contribution in [2.75, 3.05) is 20.2 Å². The standard InChI is InChI=1S/C16H24ClNO/c1-12-7-8-16(19-3)14(10-12)15(17)11-18-9-5-4-6-13(18)2/h7-8,10,13,15H,4-6,9,11H2,1-3H3. The maximum Gasteiger partial charge on any atom is 0.123 e. The highest BCUT2D eigenvalue weighted by Gasteiger charge is 2.23. The third-order valence-electron chi connectivity index (χ3n) is 4.06. The van der Waals surface area contributed by atoms with E-state index in [4.69, 9.17) is 16.3 Å². The van der Waals surface area contributed by atoms with Crippen LogP contribution in [0.25, 0.3) is 0 Å². The fourth-order valence-electron chi connectivity index (χ4n) is 2.83. The summed E-state index contributed by atoms with van der Waals surface area (Å²) in [5.41, 5.74) is 2.34. The molecule has 0 aromatic heterocycles. The number of nitrogens with zero attached hydrogens (tertiary/aromatic N) is 1. The Bertz CT molecular complexity index is 421. The molecule has 0 spiro atoms. The number of aryl methyl sites for hydroxylation is 1. The number of methoxy groups -OCH3 is 1. The van der Waals surface area contributed by atoms with Crippen molar-refractivity contribution in [2.24, 2.45) is 0 Å². The maximum absolute atomic E-state index is 6.64. The van der Waals surface area contributed by atoms with E-state index in [1.54, 1.807) is 7.11 Å². The quantitative estimate of drug-likeness (QED) is 0.769. The van der Waals surface area contributed by atoms with Crippen LogP contribution in [0.5, 0.6) is 5.75 Å². The summed E-state index contributed by atoms with van der Waals surface area (Å²) < 4.78 is 5.43. The van der Waals surface area contributed by atoms with Gasteiger partial charge in [0.2, 0.25) is 0 Å². The Morgan fingerprint density at radius 1 is 1.42 bits per heavy atom. The molecule has 0 saturated carbocycles. The van der Waals surface area contributed by atoms with E-state index in [2.05, 4.69) is 30.9 Å². The van der Waals surface area contributed by atoms with Gasteiger partial charge in [0.1, 0.15) is 5.75 Å². The molecule has 0 radical (unpaired) electrons. The lowest BCUT2D eigenvalue weighted by Crippen LogP contribution is -2.39. The molecule has 0 N–H and O–H groups in total. The number of piperidine rings is 1. The first kappa shape index (κ1) is 14.7. The molecule has 2 rings (SSSR count). The molecule has 1 saturated heterocycles. The molecule has 1 aromatic rings. The number of rotatable bonds is 4.